The zero-order valence-corrected chi connectivity index (χ0v) is 19.0. The van der Waals surface area contributed by atoms with E-state index in [1.54, 1.807) is 26.8 Å². The van der Waals surface area contributed by atoms with E-state index >= 15 is 0 Å². The number of amides is 1. The molecular formula is C21H28N2O4S2. The summed E-state index contributed by atoms with van der Waals surface area (Å²) in [6, 6.07) is 11.9. The van der Waals surface area contributed by atoms with Crippen LogP contribution in [0.1, 0.15) is 26.3 Å². The molecule has 2 rings (SSSR count). The lowest BCUT2D eigenvalue weighted by Gasteiger charge is -2.17. The number of benzene rings is 2. The van der Waals surface area contributed by atoms with E-state index in [-0.39, 0.29) is 23.3 Å². The van der Waals surface area contributed by atoms with Gasteiger partial charge in [0.2, 0.25) is 15.9 Å². The maximum atomic E-state index is 12.8. The van der Waals surface area contributed by atoms with E-state index in [9.17, 15) is 13.2 Å². The second-order valence-corrected chi connectivity index (χ2v) is 9.71. The zero-order chi connectivity index (χ0) is 21.6. The number of rotatable bonds is 9. The van der Waals surface area contributed by atoms with E-state index in [0.717, 1.165) is 10.5 Å². The van der Waals surface area contributed by atoms with E-state index in [2.05, 4.69) is 10.0 Å². The van der Waals surface area contributed by atoms with Crippen LogP contribution in [0.5, 0.6) is 5.75 Å². The Hall–Kier alpha value is -2.03. The van der Waals surface area contributed by atoms with Crippen molar-refractivity contribution in [2.45, 2.75) is 43.5 Å². The maximum Gasteiger partial charge on any atom is 0.241 e. The Bertz CT molecular complexity index is 942. The van der Waals surface area contributed by atoms with Gasteiger partial charge in [-0.2, -0.15) is 0 Å². The molecule has 0 heterocycles. The van der Waals surface area contributed by atoms with Gasteiger partial charge in [-0.1, -0.05) is 31.5 Å². The summed E-state index contributed by atoms with van der Waals surface area (Å²) in [6.07, 6.45) is 1.87. The van der Waals surface area contributed by atoms with Crippen LogP contribution in [-0.4, -0.2) is 33.2 Å². The highest BCUT2D eigenvalue weighted by molar-refractivity contribution is 7.98. The van der Waals surface area contributed by atoms with Crippen LogP contribution in [-0.2, 0) is 14.8 Å². The number of sulfonamides is 1. The first kappa shape index (κ1) is 23.3. The van der Waals surface area contributed by atoms with Crippen LogP contribution in [0.2, 0.25) is 0 Å². The minimum absolute atomic E-state index is 0.0940. The number of carbonyl (C=O) groups excluding carboxylic acids is 1. The first-order valence-corrected chi connectivity index (χ1v) is 12.0. The predicted molar refractivity (Wildman–Crippen MR) is 118 cm³/mol. The minimum atomic E-state index is -3.76. The monoisotopic (exact) mass is 436 g/mol. The van der Waals surface area contributed by atoms with Crippen LogP contribution in [0.25, 0.3) is 0 Å². The Morgan fingerprint density at radius 3 is 2.34 bits per heavy atom. The summed E-state index contributed by atoms with van der Waals surface area (Å²) < 4.78 is 33.8. The van der Waals surface area contributed by atoms with Crippen LogP contribution in [0, 0.1) is 12.8 Å². The molecule has 29 heavy (non-hydrogen) atoms. The summed E-state index contributed by atoms with van der Waals surface area (Å²) in [4.78, 5) is 13.0. The Balaban J connectivity index is 2.10. The van der Waals surface area contributed by atoms with Crippen molar-refractivity contribution in [3.63, 3.8) is 0 Å². The first-order chi connectivity index (χ1) is 13.6. The van der Waals surface area contributed by atoms with E-state index in [1.807, 2.05) is 37.4 Å². The van der Waals surface area contributed by atoms with Crippen LogP contribution in [0.15, 0.2) is 52.3 Å². The molecule has 6 nitrogen and oxygen atoms in total. The van der Waals surface area contributed by atoms with Gasteiger partial charge in [-0.15, -0.1) is 11.8 Å². The number of ether oxygens (including phenoxy) is 1. The third-order valence-corrected chi connectivity index (χ3v) is 6.52. The number of thioether (sulfide) groups is 1. The second-order valence-electron chi connectivity index (χ2n) is 7.15. The lowest BCUT2D eigenvalue weighted by atomic mass is 10.2. The molecule has 0 aliphatic rings. The minimum Gasteiger partial charge on any atom is -0.492 e. The fourth-order valence-electron chi connectivity index (χ4n) is 2.45. The Kier molecular flexibility index (Phi) is 8.13. The molecular weight excluding hydrogens is 408 g/mol. The molecule has 0 spiro atoms. The van der Waals surface area contributed by atoms with Gasteiger partial charge in [0.1, 0.15) is 12.4 Å². The first-order valence-electron chi connectivity index (χ1n) is 9.33. The van der Waals surface area contributed by atoms with Gasteiger partial charge >= 0.3 is 0 Å². The van der Waals surface area contributed by atoms with E-state index < -0.39 is 16.1 Å². The molecule has 0 fully saturated rings. The molecule has 0 bridgehead atoms. The molecule has 0 saturated carbocycles. The Morgan fingerprint density at radius 1 is 1.10 bits per heavy atom. The zero-order valence-electron chi connectivity index (χ0n) is 17.4. The van der Waals surface area contributed by atoms with Crippen molar-refractivity contribution in [2.24, 2.45) is 5.92 Å². The van der Waals surface area contributed by atoms with Crippen molar-refractivity contribution in [3.05, 3.63) is 48.0 Å². The summed E-state index contributed by atoms with van der Waals surface area (Å²) >= 11 is 1.44. The molecule has 0 saturated heterocycles. The highest BCUT2D eigenvalue weighted by Crippen LogP contribution is 2.28. The van der Waals surface area contributed by atoms with E-state index in [4.69, 9.17) is 4.74 Å². The van der Waals surface area contributed by atoms with Crippen LogP contribution >= 0.6 is 11.8 Å². The number of nitrogens with one attached hydrogen (secondary N) is 2. The number of hydrogen-bond acceptors (Lipinski definition) is 5. The van der Waals surface area contributed by atoms with Gasteiger partial charge in [-0.05, 0) is 50.4 Å². The van der Waals surface area contributed by atoms with Crippen LogP contribution in [0.3, 0.4) is 0 Å². The van der Waals surface area contributed by atoms with Crippen molar-refractivity contribution in [1.82, 2.24) is 4.72 Å². The lowest BCUT2D eigenvalue weighted by Crippen LogP contribution is -2.36. The molecule has 1 amide bonds. The van der Waals surface area contributed by atoms with Crippen LogP contribution < -0.4 is 14.8 Å². The third kappa shape index (κ3) is 6.76. The molecule has 8 heteroatoms. The largest absolute Gasteiger partial charge is 0.492 e. The Labute approximate surface area is 177 Å². The molecule has 0 aliphatic carbocycles. The SMILES string of the molecule is CSc1ccc(S(=O)(=O)NC(C)COc2ccc(C)cc2)cc1NC(=O)C(C)C. The molecule has 2 aromatic carbocycles. The normalized spacial score (nSPS) is 12.6. The van der Waals surface area contributed by atoms with Crippen molar-refractivity contribution < 1.29 is 17.9 Å². The average Bonchev–Trinajstić information content (AvgIpc) is 2.67. The summed E-state index contributed by atoms with van der Waals surface area (Å²) in [6.45, 7) is 7.49. The molecule has 2 N–H and O–H groups in total. The maximum absolute atomic E-state index is 12.8. The van der Waals surface area contributed by atoms with Gasteiger partial charge in [-0.3, -0.25) is 4.79 Å². The van der Waals surface area contributed by atoms with Crippen molar-refractivity contribution in [3.8, 4) is 5.75 Å². The number of carbonyl (C=O) groups is 1. The molecule has 2 aromatic rings. The van der Waals surface area contributed by atoms with Crippen molar-refractivity contribution in [1.29, 1.82) is 0 Å². The summed E-state index contributed by atoms with van der Waals surface area (Å²) in [5.74, 6) is 0.314. The van der Waals surface area contributed by atoms with Gasteiger partial charge in [-0.25, -0.2) is 13.1 Å². The molecule has 0 aliphatic heterocycles. The van der Waals surface area contributed by atoms with Gasteiger partial charge in [0, 0.05) is 10.8 Å². The van der Waals surface area contributed by atoms with E-state index in [0.29, 0.717) is 11.4 Å². The van der Waals surface area contributed by atoms with Gasteiger partial charge in [0.05, 0.1) is 16.6 Å². The molecule has 158 valence electrons. The Morgan fingerprint density at radius 2 is 1.76 bits per heavy atom. The number of hydrogen-bond donors (Lipinski definition) is 2. The van der Waals surface area contributed by atoms with E-state index in [1.165, 1.54) is 23.9 Å². The van der Waals surface area contributed by atoms with Crippen molar-refractivity contribution >= 4 is 33.4 Å². The molecule has 0 radical (unpaired) electrons. The summed E-state index contributed by atoms with van der Waals surface area (Å²) in [7, 11) is -3.76. The third-order valence-electron chi connectivity index (χ3n) is 4.14. The molecule has 0 aromatic heterocycles. The summed E-state index contributed by atoms with van der Waals surface area (Å²) in [5.41, 5.74) is 1.61. The standard InChI is InChI=1S/C21H28N2O4S2/c1-14(2)21(24)22-19-12-18(10-11-20(19)28-5)29(25,26)23-16(4)13-27-17-8-6-15(3)7-9-17/h6-12,14,16,23H,13H2,1-5H3,(H,22,24). The number of aryl methyl sites for hydroxylation is 1. The quantitative estimate of drug-likeness (QED) is 0.579. The fraction of sp³-hybridized carbons (Fsp3) is 0.381. The fourth-order valence-corrected chi connectivity index (χ4v) is 4.24. The average molecular weight is 437 g/mol. The van der Waals surface area contributed by atoms with Gasteiger partial charge in [0.25, 0.3) is 0 Å². The topological polar surface area (TPSA) is 84.5 Å². The predicted octanol–water partition coefficient (Wildman–Crippen LogP) is 4.06. The smallest absolute Gasteiger partial charge is 0.241 e. The number of anilines is 1. The lowest BCUT2D eigenvalue weighted by molar-refractivity contribution is -0.118. The van der Waals surface area contributed by atoms with Gasteiger partial charge in [0.15, 0.2) is 0 Å². The molecule has 1 unspecified atom stereocenters. The summed E-state index contributed by atoms with van der Waals surface area (Å²) in [5, 5.41) is 2.80. The van der Waals surface area contributed by atoms with Gasteiger partial charge < -0.3 is 10.1 Å². The molecule has 1 atom stereocenters. The van der Waals surface area contributed by atoms with Crippen molar-refractivity contribution in [2.75, 3.05) is 18.2 Å². The van der Waals surface area contributed by atoms with Crippen LogP contribution in [0.4, 0.5) is 5.69 Å². The highest BCUT2D eigenvalue weighted by atomic mass is 32.2. The highest BCUT2D eigenvalue weighted by Gasteiger charge is 2.20. The second kappa shape index (κ2) is 10.1.